The minimum Gasteiger partial charge on any atom is -0.503 e. The molecule has 1 atom stereocenters. The molecule has 3 heterocycles. The molecule has 0 radical (unpaired) electrons. The third-order valence-corrected chi connectivity index (χ3v) is 7.75. The quantitative estimate of drug-likeness (QED) is 0.264. The summed E-state index contributed by atoms with van der Waals surface area (Å²) in [4.78, 5) is 33.5. The molecule has 1 aliphatic heterocycles. The van der Waals surface area contributed by atoms with E-state index in [9.17, 15) is 14.7 Å². The zero-order chi connectivity index (χ0) is 26.1. The largest absolute Gasteiger partial charge is 0.503 e. The van der Waals surface area contributed by atoms with Crippen molar-refractivity contribution in [2.45, 2.75) is 19.9 Å². The SMILES string of the molecule is CCOc1ccc2nc(N3C(=O)C(O)=C(C(=O)c4cccs4)C3c3ccc(OCC)c(OC)c3)sc2c1. The fraction of sp³-hybridized carbons (Fsp3) is 0.222. The molecular formula is C27H24N2O6S2. The molecule has 190 valence electrons. The van der Waals surface area contributed by atoms with E-state index < -0.39 is 23.5 Å². The second-order valence-corrected chi connectivity index (χ2v) is 10.0. The van der Waals surface area contributed by atoms with Gasteiger partial charge in [-0.1, -0.05) is 23.5 Å². The van der Waals surface area contributed by atoms with Crippen LogP contribution in [0, 0.1) is 0 Å². The van der Waals surface area contributed by atoms with Gasteiger partial charge in [-0.25, -0.2) is 4.98 Å². The Labute approximate surface area is 221 Å². The number of aromatic nitrogens is 1. The van der Waals surface area contributed by atoms with Crippen LogP contribution >= 0.6 is 22.7 Å². The number of aliphatic hydroxyl groups excluding tert-OH is 1. The van der Waals surface area contributed by atoms with Crippen LogP contribution in [0.4, 0.5) is 5.13 Å². The first-order chi connectivity index (χ1) is 18.0. The van der Waals surface area contributed by atoms with E-state index in [4.69, 9.17) is 14.2 Å². The third-order valence-electron chi connectivity index (χ3n) is 5.87. The zero-order valence-corrected chi connectivity index (χ0v) is 22.0. The molecule has 1 amide bonds. The van der Waals surface area contributed by atoms with Gasteiger partial charge in [-0.2, -0.15) is 0 Å². The molecule has 0 saturated carbocycles. The molecule has 2 aromatic heterocycles. The number of hydrogen-bond donors (Lipinski definition) is 1. The standard InChI is InChI=1S/C27H24N2O6S2/c1-4-34-16-9-10-17-21(14-16)37-27(28-17)29-23(15-8-11-18(35-5-2)19(13-15)33-3)22(25(31)26(29)32)24(30)20-7-6-12-36-20/h6-14,23,31H,4-5H2,1-3H3. The van der Waals surface area contributed by atoms with Crippen LogP contribution in [0.25, 0.3) is 10.2 Å². The molecular weight excluding hydrogens is 512 g/mol. The maximum absolute atomic E-state index is 13.6. The summed E-state index contributed by atoms with van der Waals surface area (Å²) in [6.07, 6.45) is 0. The van der Waals surface area contributed by atoms with Crippen LogP contribution in [0.1, 0.15) is 35.1 Å². The number of Topliss-reactive ketones (excluding diaryl/α,β-unsaturated/α-hetero) is 1. The number of methoxy groups -OCH3 is 1. The summed E-state index contributed by atoms with van der Waals surface area (Å²) >= 11 is 2.53. The van der Waals surface area contributed by atoms with Crippen LogP contribution in [0.3, 0.4) is 0 Å². The molecule has 1 N–H and O–H groups in total. The molecule has 5 rings (SSSR count). The molecule has 1 aliphatic rings. The number of aliphatic hydroxyl groups is 1. The van der Waals surface area contributed by atoms with Crippen molar-refractivity contribution in [2.75, 3.05) is 25.2 Å². The van der Waals surface area contributed by atoms with Crippen molar-refractivity contribution in [2.24, 2.45) is 0 Å². The van der Waals surface area contributed by atoms with Gasteiger partial charge in [-0.3, -0.25) is 14.5 Å². The number of carbonyl (C=O) groups excluding carboxylic acids is 2. The summed E-state index contributed by atoms with van der Waals surface area (Å²) in [5, 5.41) is 13.1. The lowest BCUT2D eigenvalue weighted by Crippen LogP contribution is -2.31. The van der Waals surface area contributed by atoms with Crippen molar-refractivity contribution in [3.05, 3.63) is 75.7 Å². The molecule has 0 fully saturated rings. The summed E-state index contributed by atoms with van der Waals surface area (Å²) in [5.41, 5.74) is 1.25. The first-order valence-electron chi connectivity index (χ1n) is 11.7. The maximum atomic E-state index is 13.6. The van der Waals surface area contributed by atoms with Gasteiger partial charge < -0.3 is 19.3 Å². The summed E-state index contributed by atoms with van der Waals surface area (Å²) < 4.78 is 17.6. The Kier molecular flexibility index (Phi) is 6.86. The third kappa shape index (κ3) is 4.42. The van der Waals surface area contributed by atoms with Gasteiger partial charge in [0.15, 0.2) is 22.4 Å². The molecule has 0 aliphatic carbocycles. The fourth-order valence-electron chi connectivity index (χ4n) is 4.27. The van der Waals surface area contributed by atoms with Crippen LogP contribution in [-0.4, -0.2) is 42.1 Å². The van der Waals surface area contributed by atoms with Gasteiger partial charge in [0.1, 0.15) is 5.75 Å². The molecule has 0 saturated heterocycles. The highest BCUT2D eigenvalue weighted by molar-refractivity contribution is 7.22. The van der Waals surface area contributed by atoms with Gasteiger partial charge >= 0.3 is 0 Å². The van der Waals surface area contributed by atoms with Crippen molar-refractivity contribution in [3.63, 3.8) is 0 Å². The predicted octanol–water partition coefficient (Wildman–Crippen LogP) is 5.95. The molecule has 4 aromatic rings. The normalized spacial score (nSPS) is 15.5. The lowest BCUT2D eigenvalue weighted by Gasteiger charge is -2.25. The first kappa shape index (κ1) is 24.8. The number of nitrogens with zero attached hydrogens (tertiary/aromatic N) is 2. The van der Waals surface area contributed by atoms with Crippen molar-refractivity contribution in [1.82, 2.24) is 4.98 Å². The van der Waals surface area contributed by atoms with E-state index in [2.05, 4.69) is 4.98 Å². The Morgan fingerprint density at radius 1 is 1.08 bits per heavy atom. The first-order valence-corrected chi connectivity index (χ1v) is 13.3. The van der Waals surface area contributed by atoms with Gasteiger partial charge in [0.05, 0.1) is 47.0 Å². The Bertz CT molecular complexity index is 1510. The number of benzene rings is 2. The van der Waals surface area contributed by atoms with E-state index in [1.54, 1.807) is 35.7 Å². The van der Waals surface area contributed by atoms with E-state index in [1.807, 2.05) is 32.0 Å². The monoisotopic (exact) mass is 536 g/mol. The van der Waals surface area contributed by atoms with Crippen LogP contribution < -0.4 is 19.1 Å². The van der Waals surface area contributed by atoms with Crippen molar-refractivity contribution >= 4 is 49.7 Å². The molecule has 1 unspecified atom stereocenters. The minimum absolute atomic E-state index is 0.00655. The summed E-state index contributed by atoms with van der Waals surface area (Å²) in [7, 11) is 1.52. The summed E-state index contributed by atoms with van der Waals surface area (Å²) in [6.45, 7) is 4.74. The van der Waals surface area contributed by atoms with Crippen LogP contribution in [0.2, 0.25) is 0 Å². The predicted molar refractivity (Wildman–Crippen MR) is 143 cm³/mol. The summed E-state index contributed by atoms with van der Waals surface area (Å²) in [5.74, 6) is -0.0206. The smallest absolute Gasteiger partial charge is 0.296 e. The number of amides is 1. The van der Waals surface area contributed by atoms with E-state index >= 15 is 0 Å². The van der Waals surface area contributed by atoms with Gasteiger partial charge in [-0.05, 0) is 61.2 Å². The zero-order valence-electron chi connectivity index (χ0n) is 20.4. The summed E-state index contributed by atoms with van der Waals surface area (Å²) in [6, 6.07) is 13.2. The van der Waals surface area contributed by atoms with Gasteiger partial charge in [0, 0.05) is 0 Å². The number of anilines is 1. The van der Waals surface area contributed by atoms with Crippen molar-refractivity contribution in [1.29, 1.82) is 0 Å². The lowest BCUT2D eigenvalue weighted by atomic mass is 9.95. The van der Waals surface area contributed by atoms with Gasteiger partial charge in [-0.15, -0.1) is 11.3 Å². The maximum Gasteiger partial charge on any atom is 0.296 e. The Balaban J connectivity index is 1.66. The molecule has 2 aromatic carbocycles. The number of ketones is 1. The highest BCUT2D eigenvalue weighted by Crippen LogP contribution is 2.46. The van der Waals surface area contributed by atoms with Gasteiger partial charge in [0.25, 0.3) is 5.91 Å². The number of carbonyl (C=O) groups is 2. The highest BCUT2D eigenvalue weighted by Gasteiger charge is 2.46. The number of rotatable bonds is 9. The molecule has 0 spiro atoms. The van der Waals surface area contributed by atoms with E-state index in [1.165, 1.54) is 34.7 Å². The van der Waals surface area contributed by atoms with Crippen LogP contribution in [-0.2, 0) is 4.79 Å². The Morgan fingerprint density at radius 2 is 1.89 bits per heavy atom. The fourth-order valence-corrected chi connectivity index (χ4v) is 5.97. The average Bonchev–Trinajstić information content (AvgIpc) is 3.63. The molecule has 10 heteroatoms. The number of ether oxygens (including phenoxy) is 3. The number of thiazole rings is 1. The number of hydrogen-bond acceptors (Lipinski definition) is 9. The Morgan fingerprint density at radius 3 is 2.59 bits per heavy atom. The second kappa shape index (κ2) is 10.2. The molecule has 0 bridgehead atoms. The van der Waals surface area contributed by atoms with Crippen LogP contribution in [0.5, 0.6) is 17.2 Å². The van der Waals surface area contributed by atoms with E-state index in [0.29, 0.717) is 51.6 Å². The lowest BCUT2D eigenvalue weighted by molar-refractivity contribution is -0.117. The van der Waals surface area contributed by atoms with E-state index in [0.717, 1.165) is 4.70 Å². The molecule has 37 heavy (non-hydrogen) atoms. The topological polar surface area (TPSA) is 98.2 Å². The van der Waals surface area contributed by atoms with Crippen molar-refractivity contribution in [3.8, 4) is 17.2 Å². The highest BCUT2D eigenvalue weighted by atomic mass is 32.1. The number of thiophene rings is 1. The van der Waals surface area contributed by atoms with E-state index in [-0.39, 0.29) is 5.57 Å². The molecule has 8 nitrogen and oxygen atoms in total. The van der Waals surface area contributed by atoms with Crippen molar-refractivity contribution < 1.29 is 28.9 Å². The van der Waals surface area contributed by atoms with Gasteiger partial charge in [0.2, 0.25) is 5.78 Å². The second-order valence-electron chi connectivity index (χ2n) is 8.05. The van der Waals surface area contributed by atoms with Crippen LogP contribution in [0.15, 0.2) is 65.2 Å². The minimum atomic E-state index is -0.918. The number of fused-ring (bicyclic) bond motifs is 1. The Hall–Kier alpha value is -3.89. The average molecular weight is 537 g/mol.